The molecule has 2 aromatic carbocycles. The number of amides is 2. The number of ether oxygens (including phenoxy) is 1. The molecule has 1 aliphatic heterocycles. The summed E-state index contributed by atoms with van der Waals surface area (Å²) in [5, 5.41) is 3.12. The van der Waals surface area contributed by atoms with Gasteiger partial charge in [0.2, 0.25) is 0 Å². The number of methoxy groups -OCH3 is 1. The van der Waals surface area contributed by atoms with E-state index in [-0.39, 0.29) is 24.1 Å². The van der Waals surface area contributed by atoms with Crippen molar-refractivity contribution in [3.8, 4) is 5.75 Å². The summed E-state index contributed by atoms with van der Waals surface area (Å²) in [6, 6.07) is 13.0. The Morgan fingerprint density at radius 3 is 2.48 bits per heavy atom. The van der Waals surface area contributed by atoms with E-state index >= 15 is 0 Å². The molecule has 0 unspecified atom stereocenters. The van der Waals surface area contributed by atoms with Gasteiger partial charge in [-0.2, -0.15) is 0 Å². The minimum absolute atomic E-state index is 0.156. The van der Waals surface area contributed by atoms with Gasteiger partial charge in [-0.3, -0.25) is 14.5 Å². The first-order valence-electron chi connectivity index (χ1n) is 8.67. The first-order chi connectivity index (χ1) is 13.0. The van der Waals surface area contributed by atoms with Crippen LogP contribution < -0.4 is 10.1 Å². The van der Waals surface area contributed by atoms with Gasteiger partial charge in [-0.05, 0) is 42.7 Å². The maximum Gasteiger partial charge on any atom is 0.278 e. The van der Waals surface area contributed by atoms with Crippen LogP contribution in [-0.2, 0) is 9.59 Å². The van der Waals surface area contributed by atoms with Crippen molar-refractivity contribution in [3.63, 3.8) is 0 Å². The van der Waals surface area contributed by atoms with Crippen molar-refractivity contribution in [2.75, 3.05) is 19.0 Å². The molecular formula is C22H22N2O3. The Morgan fingerprint density at radius 2 is 1.81 bits per heavy atom. The van der Waals surface area contributed by atoms with Crippen LogP contribution in [0.1, 0.15) is 16.7 Å². The average molecular weight is 362 g/mol. The van der Waals surface area contributed by atoms with E-state index in [4.69, 9.17) is 4.74 Å². The van der Waals surface area contributed by atoms with E-state index in [1.54, 1.807) is 25.3 Å². The second kappa shape index (κ2) is 7.50. The van der Waals surface area contributed by atoms with Crippen molar-refractivity contribution in [1.82, 2.24) is 4.90 Å². The molecule has 0 saturated heterocycles. The van der Waals surface area contributed by atoms with Crippen LogP contribution in [0.4, 0.5) is 5.69 Å². The number of rotatable bonds is 6. The summed E-state index contributed by atoms with van der Waals surface area (Å²) < 4.78 is 5.36. The first-order valence-corrected chi connectivity index (χ1v) is 8.67. The van der Waals surface area contributed by atoms with E-state index in [0.29, 0.717) is 22.6 Å². The van der Waals surface area contributed by atoms with Crippen molar-refractivity contribution in [2.24, 2.45) is 0 Å². The molecule has 1 aliphatic rings. The predicted molar refractivity (Wildman–Crippen MR) is 106 cm³/mol. The Bertz CT molecular complexity index is 960. The third-order valence-electron chi connectivity index (χ3n) is 4.64. The molecule has 27 heavy (non-hydrogen) atoms. The largest absolute Gasteiger partial charge is 0.495 e. The van der Waals surface area contributed by atoms with Gasteiger partial charge in [-0.1, -0.05) is 36.4 Å². The lowest BCUT2D eigenvalue weighted by Gasteiger charge is -2.13. The van der Waals surface area contributed by atoms with Gasteiger partial charge in [0, 0.05) is 6.54 Å². The zero-order valence-corrected chi connectivity index (χ0v) is 15.7. The van der Waals surface area contributed by atoms with Crippen LogP contribution in [0.3, 0.4) is 0 Å². The number of carbonyl (C=O) groups excluding carboxylic acids is 2. The Kier molecular flexibility index (Phi) is 5.12. The first kappa shape index (κ1) is 18.5. The van der Waals surface area contributed by atoms with Crippen molar-refractivity contribution in [3.05, 3.63) is 77.5 Å². The maximum absolute atomic E-state index is 13.0. The third kappa shape index (κ3) is 3.36. The lowest BCUT2D eigenvalue weighted by atomic mass is 9.99. The zero-order valence-electron chi connectivity index (χ0n) is 15.7. The highest BCUT2D eigenvalue weighted by Gasteiger charge is 2.38. The Balaban J connectivity index is 2.14. The summed E-state index contributed by atoms with van der Waals surface area (Å²) >= 11 is 0. The van der Waals surface area contributed by atoms with Crippen molar-refractivity contribution in [2.45, 2.75) is 13.8 Å². The number of benzene rings is 2. The number of anilines is 1. The summed E-state index contributed by atoms with van der Waals surface area (Å²) in [5.74, 6) is -0.119. The second-order valence-electron chi connectivity index (χ2n) is 6.38. The van der Waals surface area contributed by atoms with Gasteiger partial charge in [-0.15, -0.1) is 6.58 Å². The molecule has 0 aromatic heterocycles. The van der Waals surface area contributed by atoms with Crippen molar-refractivity contribution < 1.29 is 14.3 Å². The summed E-state index contributed by atoms with van der Waals surface area (Å²) in [6.07, 6.45) is 1.54. The van der Waals surface area contributed by atoms with Crippen LogP contribution in [0.15, 0.2) is 60.8 Å². The monoisotopic (exact) mass is 362 g/mol. The highest BCUT2D eigenvalue weighted by molar-refractivity contribution is 6.36. The number of nitrogens with zero attached hydrogens (tertiary/aromatic N) is 1. The predicted octanol–water partition coefficient (Wildman–Crippen LogP) is 3.69. The van der Waals surface area contributed by atoms with Gasteiger partial charge in [0.05, 0.1) is 18.4 Å². The van der Waals surface area contributed by atoms with Crippen LogP contribution >= 0.6 is 0 Å². The standard InChI is InChI=1S/C22H22N2O3/c1-5-12-24-21(25)19(16-11-10-14(2)15(3)13-16)20(22(24)26)23-17-8-6-7-9-18(17)27-4/h5-11,13,23H,1,12H2,2-4H3. The normalized spacial score (nSPS) is 14.0. The molecule has 0 saturated carbocycles. The lowest BCUT2D eigenvalue weighted by molar-refractivity contribution is -0.136. The molecule has 0 atom stereocenters. The average Bonchev–Trinajstić information content (AvgIpc) is 2.89. The number of nitrogens with one attached hydrogen (secondary N) is 1. The molecule has 0 bridgehead atoms. The van der Waals surface area contributed by atoms with Crippen LogP contribution in [0, 0.1) is 13.8 Å². The molecule has 2 aromatic rings. The molecule has 138 valence electrons. The van der Waals surface area contributed by atoms with Gasteiger partial charge in [0.25, 0.3) is 11.8 Å². The molecule has 3 rings (SSSR count). The highest BCUT2D eigenvalue weighted by atomic mass is 16.5. The quantitative estimate of drug-likeness (QED) is 0.629. The molecule has 2 amide bonds. The Morgan fingerprint density at radius 1 is 1.07 bits per heavy atom. The fraction of sp³-hybridized carbons (Fsp3) is 0.182. The van der Waals surface area contributed by atoms with Crippen LogP contribution in [-0.4, -0.2) is 30.4 Å². The van der Waals surface area contributed by atoms with E-state index in [1.807, 2.05) is 44.2 Å². The van der Waals surface area contributed by atoms with Crippen LogP contribution in [0.25, 0.3) is 5.57 Å². The molecule has 1 heterocycles. The Hall–Kier alpha value is -3.34. The van der Waals surface area contributed by atoms with E-state index in [0.717, 1.165) is 11.1 Å². The van der Waals surface area contributed by atoms with E-state index < -0.39 is 0 Å². The molecular weight excluding hydrogens is 340 g/mol. The summed E-state index contributed by atoms with van der Waals surface area (Å²) in [6.45, 7) is 7.79. The minimum atomic E-state index is -0.376. The smallest absolute Gasteiger partial charge is 0.278 e. The number of hydrogen-bond acceptors (Lipinski definition) is 4. The lowest BCUT2D eigenvalue weighted by Crippen LogP contribution is -2.32. The maximum atomic E-state index is 13.0. The van der Waals surface area contributed by atoms with E-state index in [1.165, 1.54) is 4.90 Å². The number of aryl methyl sites for hydroxylation is 2. The van der Waals surface area contributed by atoms with Gasteiger partial charge >= 0.3 is 0 Å². The summed E-state index contributed by atoms with van der Waals surface area (Å²) in [7, 11) is 1.56. The molecule has 5 nitrogen and oxygen atoms in total. The van der Waals surface area contributed by atoms with Gasteiger partial charge in [0.15, 0.2) is 0 Å². The molecule has 1 N–H and O–H groups in total. The van der Waals surface area contributed by atoms with Crippen LogP contribution in [0.2, 0.25) is 0 Å². The summed E-state index contributed by atoms with van der Waals surface area (Å²) in [4.78, 5) is 27.1. The SMILES string of the molecule is C=CCN1C(=O)C(Nc2ccccc2OC)=C(c2ccc(C)c(C)c2)C1=O. The van der Waals surface area contributed by atoms with Gasteiger partial charge in [0.1, 0.15) is 11.4 Å². The minimum Gasteiger partial charge on any atom is -0.495 e. The molecule has 0 radical (unpaired) electrons. The number of imide groups is 1. The number of carbonyl (C=O) groups is 2. The molecule has 5 heteroatoms. The van der Waals surface area contributed by atoms with Crippen LogP contribution in [0.5, 0.6) is 5.75 Å². The topological polar surface area (TPSA) is 58.6 Å². The second-order valence-corrected chi connectivity index (χ2v) is 6.38. The van der Waals surface area contributed by atoms with Gasteiger partial charge in [-0.25, -0.2) is 0 Å². The van der Waals surface area contributed by atoms with E-state index in [9.17, 15) is 9.59 Å². The zero-order chi connectivity index (χ0) is 19.6. The van der Waals surface area contributed by atoms with Gasteiger partial charge < -0.3 is 10.1 Å². The number of para-hydroxylation sites is 2. The van der Waals surface area contributed by atoms with Crippen molar-refractivity contribution in [1.29, 1.82) is 0 Å². The number of hydrogen-bond donors (Lipinski definition) is 1. The highest BCUT2D eigenvalue weighted by Crippen LogP contribution is 2.33. The molecule has 0 spiro atoms. The van der Waals surface area contributed by atoms with E-state index in [2.05, 4.69) is 11.9 Å². The summed E-state index contributed by atoms with van der Waals surface area (Å²) in [5.41, 5.74) is 4.11. The molecule has 0 fully saturated rings. The fourth-order valence-electron chi connectivity index (χ4n) is 3.03. The Labute approximate surface area is 158 Å². The fourth-order valence-corrected chi connectivity index (χ4v) is 3.03. The third-order valence-corrected chi connectivity index (χ3v) is 4.64. The van der Waals surface area contributed by atoms with Crippen molar-refractivity contribution >= 4 is 23.1 Å². The molecule has 0 aliphatic carbocycles.